The number of aromatic nitrogens is 1. The van der Waals surface area contributed by atoms with Gasteiger partial charge >= 0.3 is 0 Å². The van der Waals surface area contributed by atoms with Crippen LogP contribution in [-0.4, -0.2) is 24.2 Å². The van der Waals surface area contributed by atoms with Crippen molar-refractivity contribution in [1.29, 1.82) is 0 Å². The van der Waals surface area contributed by atoms with Gasteiger partial charge in [-0.05, 0) is 13.0 Å². The molecule has 13 heavy (non-hydrogen) atoms. The molecule has 1 fully saturated rings. The van der Waals surface area contributed by atoms with Crippen LogP contribution in [0.5, 0.6) is 5.75 Å². The maximum absolute atomic E-state index is 5.77. The van der Waals surface area contributed by atoms with Crippen molar-refractivity contribution < 1.29 is 4.74 Å². The van der Waals surface area contributed by atoms with Crippen LogP contribution in [0.1, 0.15) is 6.42 Å². The summed E-state index contributed by atoms with van der Waals surface area (Å²) in [4.78, 5) is 3.95. The van der Waals surface area contributed by atoms with Gasteiger partial charge in [-0.25, -0.2) is 0 Å². The number of hydrogen-bond donors (Lipinski definition) is 1. The monoisotopic (exact) mass is 198 g/mol. The molecule has 1 saturated heterocycles. The highest BCUT2D eigenvalue weighted by atomic mass is 35.5. The van der Waals surface area contributed by atoms with Crippen LogP contribution in [0, 0.1) is 0 Å². The molecule has 0 saturated carbocycles. The Balaban J connectivity index is 2.00. The summed E-state index contributed by atoms with van der Waals surface area (Å²) in [6.45, 7) is 1.94. The number of nitrogens with one attached hydrogen (secondary N) is 1. The molecule has 0 amide bonds. The molecule has 1 aliphatic heterocycles. The molecule has 2 rings (SSSR count). The van der Waals surface area contributed by atoms with E-state index in [1.165, 1.54) is 0 Å². The average molecular weight is 199 g/mol. The number of halogens is 1. The first-order valence-corrected chi connectivity index (χ1v) is 4.70. The van der Waals surface area contributed by atoms with E-state index < -0.39 is 0 Å². The van der Waals surface area contributed by atoms with Crippen molar-refractivity contribution in [3.05, 3.63) is 23.5 Å². The summed E-state index contributed by atoms with van der Waals surface area (Å²) in [5.74, 6) is 0.751. The fraction of sp³-hybridized carbons (Fsp3) is 0.444. The highest BCUT2D eigenvalue weighted by Crippen LogP contribution is 2.17. The maximum Gasteiger partial charge on any atom is 0.139 e. The molecule has 70 valence electrons. The third kappa shape index (κ3) is 2.32. The third-order valence-corrected chi connectivity index (χ3v) is 2.20. The molecular weight excluding hydrogens is 188 g/mol. The Morgan fingerprint density at radius 1 is 1.54 bits per heavy atom. The van der Waals surface area contributed by atoms with Crippen LogP contribution in [0.4, 0.5) is 0 Å². The van der Waals surface area contributed by atoms with Crippen molar-refractivity contribution in [2.45, 2.75) is 12.5 Å². The summed E-state index contributed by atoms with van der Waals surface area (Å²) in [5.41, 5.74) is 0. The minimum absolute atomic E-state index is 0.264. The van der Waals surface area contributed by atoms with Crippen LogP contribution in [0.15, 0.2) is 18.5 Å². The molecule has 1 N–H and O–H groups in total. The molecule has 0 unspecified atom stereocenters. The molecule has 0 spiro atoms. The molecule has 1 aromatic heterocycles. The van der Waals surface area contributed by atoms with Gasteiger partial charge < -0.3 is 10.1 Å². The molecule has 2 heterocycles. The first kappa shape index (κ1) is 8.78. The largest absolute Gasteiger partial charge is 0.487 e. The van der Waals surface area contributed by atoms with E-state index >= 15 is 0 Å². The van der Waals surface area contributed by atoms with Crippen molar-refractivity contribution in [3.8, 4) is 5.75 Å². The highest BCUT2D eigenvalue weighted by Gasteiger charge is 2.15. The molecule has 0 bridgehead atoms. The fourth-order valence-electron chi connectivity index (χ4n) is 1.38. The fourth-order valence-corrected chi connectivity index (χ4v) is 1.54. The molecule has 3 nitrogen and oxygen atoms in total. The molecule has 4 heteroatoms. The standard InChI is InChI=1S/C9H11ClN2O/c10-7-3-9(6-12-4-7)13-8-1-2-11-5-8/h3-4,6,8,11H,1-2,5H2/t8-/m0/s1. The summed E-state index contributed by atoms with van der Waals surface area (Å²) in [6.07, 6.45) is 4.60. The van der Waals surface area contributed by atoms with E-state index in [1.54, 1.807) is 18.5 Å². The second kappa shape index (κ2) is 3.94. The van der Waals surface area contributed by atoms with Crippen LogP contribution in [-0.2, 0) is 0 Å². The zero-order valence-corrected chi connectivity index (χ0v) is 7.92. The molecular formula is C9H11ClN2O. The van der Waals surface area contributed by atoms with Crippen molar-refractivity contribution in [1.82, 2.24) is 10.3 Å². The highest BCUT2D eigenvalue weighted by molar-refractivity contribution is 6.30. The van der Waals surface area contributed by atoms with Crippen LogP contribution in [0.2, 0.25) is 5.02 Å². The van der Waals surface area contributed by atoms with Gasteiger partial charge in [-0.1, -0.05) is 11.6 Å². The van der Waals surface area contributed by atoms with Crippen molar-refractivity contribution >= 4 is 11.6 Å². The Morgan fingerprint density at radius 3 is 3.15 bits per heavy atom. The van der Waals surface area contributed by atoms with Gasteiger partial charge in [0.15, 0.2) is 0 Å². The molecule has 0 radical (unpaired) electrons. The Morgan fingerprint density at radius 2 is 2.46 bits per heavy atom. The SMILES string of the molecule is Clc1cncc(O[C@H]2CCNC2)c1. The molecule has 1 atom stereocenters. The van der Waals surface area contributed by atoms with Gasteiger partial charge in [0.25, 0.3) is 0 Å². The zero-order valence-electron chi connectivity index (χ0n) is 7.16. The zero-order chi connectivity index (χ0) is 9.10. The second-order valence-corrected chi connectivity index (χ2v) is 3.51. The minimum atomic E-state index is 0.264. The van der Waals surface area contributed by atoms with E-state index in [2.05, 4.69) is 10.3 Å². The van der Waals surface area contributed by atoms with Crippen LogP contribution in [0.25, 0.3) is 0 Å². The number of rotatable bonds is 2. The minimum Gasteiger partial charge on any atom is -0.487 e. The van der Waals surface area contributed by atoms with E-state index in [-0.39, 0.29) is 6.10 Å². The van der Waals surface area contributed by atoms with Gasteiger partial charge in [-0.2, -0.15) is 0 Å². The van der Waals surface area contributed by atoms with Gasteiger partial charge in [-0.15, -0.1) is 0 Å². The topological polar surface area (TPSA) is 34.1 Å². The molecule has 0 aliphatic carbocycles. The third-order valence-electron chi connectivity index (χ3n) is 2.00. The van der Waals surface area contributed by atoms with Crippen LogP contribution in [0.3, 0.4) is 0 Å². The molecule has 0 aromatic carbocycles. The van der Waals surface area contributed by atoms with Crippen molar-refractivity contribution in [2.75, 3.05) is 13.1 Å². The van der Waals surface area contributed by atoms with E-state index in [9.17, 15) is 0 Å². The first-order chi connectivity index (χ1) is 6.34. The molecule has 1 aliphatic rings. The number of ether oxygens (including phenoxy) is 1. The second-order valence-electron chi connectivity index (χ2n) is 3.07. The summed E-state index contributed by atoms with van der Waals surface area (Å²) in [6, 6.07) is 1.78. The van der Waals surface area contributed by atoms with Gasteiger partial charge in [0.05, 0.1) is 11.2 Å². The van der Waals surface area contributed by atoms with E-state index in [1.807, 2.05) is 0 Å². The number of nitrogens with zero attached hydrogens (tertiary/aromatic N) is 1. The summed E-state index contributed by atoms with van der Waals surface area (Å²) >= 11 is 5.77. The van der Waals surface area contributed by atoms with Gasteiger partial charge in [0.2, 0.25) is 0 Å². The van der Waals surface area contributed by atoms with Crippen molar-refractivity contribution in [3.63, 3.8) is 0 Å². The average Bonchev–Trinajstić information content (AvgIpc) is 2.57. The molecule has 1 aromatic rings. The quantitative estimate of drug-likeness (QED) is 0.782. The van der Waals surface area contributed by atoms with E-state index in [0.717, 1.165) is 25.3 Å². The van der Waals surface area contributed by atoms with Crippen LogP contribution < -0.4 is 10.1 Å². The van der Waals surface area contributed by atoms with Crippen LogP contribution >= 0.6 is 11.6 Å². The Hall–Kier alpha value is -0.800. The number of hydrogen-bond acceptors (Lipinski definition) is 3. The Bertz CT molecular complexity index is 287. The van der Waals surface area contributed by atoms with Gasteiger partial charge in [0.1, 0.15) is 11.9 Å². The maximum atomic E-state index is 5.77. The van der Waals surface area contributed by atoms with Crippen molar-refractivity contribution in [2.24, 2.45) is 0 Å². The van der Waals surface area contributed by atoms with Gasteiger partial charge in [0, 0.05) is 18.8 Å². The van der Waals surface area contributed by atoms with E-state index in [0.29, 0.717) is 5.02 Å². The predicted molar refractivity (Wildman–Crippen MR) is 51.1 cm³/mol. The Labute approximate surface area is 82.1 Å². The lowest BCUT2D eigenvalue weighted by Crippen LogP contribution is -2.19. The number of pyridine rings is 1. The smallest absolute Gasteiger partial charge is 0.139 e. The Kier molecular flexibility index (Phi) is 2.66. The predicted octanol–water partition coefficient (Wildman–Crippen LogP) is 1.48. The lowest BCUT2D eigenvalue weighted by molar-refractivity contribution is 0.222. The summed E-state index contributed by atoms with van der Waals surface area (Å²) in [5, 5.41) is 3.84. The first-order valence-electron chi connectivity index (χ1n) is 4.32. The normalized spacial score (nSPS) is 21.8. The lowest BCUT2D eigenvalue weighted by atomic mass is 10.3. The summed E-state index contributed by atoms with van der Waals surface area (Å²) < 4.78 is 5.65. The van der Waals surface area contributed by atoms with Gasteiger partial charge in [-0.3, -0.25) is 4.98 Å². The lowest BCUT2D eigenvalue weighted by Gasteiger charge is -2.11. The van der Waals surface area contributed by atoms with E-state index in [4.69, 9.17) is 16.3 Å². The summed E-state index contributed by atoms with van der Waals surface area (Å²) in [7, 11) is 0.